The molecule has 5 heteroatoms. The van der Waals surface area contributed by atoms with E-state index in [1.165, 1.54) is 12.0 Å². The number of hydrogen-bond donors (Lipinski definition) is 0. The lowest BCUT2D eigenvalue weighted by molar-refractivity contribution is -0.150. The average Bonchev–Trinajstić information content (AvgIpc) is 2.67. The van der Waals surface area contributed by atoms with Gasteiger partial charge >= 0.3 is 5.97 Å². The van der Waals surface area contributed by atoms with Gasteiger partial charge in [-0.15, -0.1) is 0 Å². The molecule has 1 amide bonds. The summed E-state index contributed by atoms with van der Waals surface area (Å²) < 4.78 is 10.7. The van der Waals surface area contributed by atoms with Crippen molar-refractivity contribution in [2.75, 3.05) is 13.7 Å². The molecule has 5 nitrogen and oxygen atoms in total. The van der Waals surface area contributed by atoms with Gasteiger partial charge in [0.1, 0.15) is 12.3 Å². The molecule has 0 bridgehead atoms. The zero-order chi connectivity index (χ0) is 19.8. The highest BCUT2D eigenvalue weighted by Gasteiger charge is 2.25. The van der Waals surface area contributed by atoms with Crippen molar-refractivity contribution in [3.8, 4) is 5.75 Å². The van der Waals surface area contributed by atoms with E-state index in [1.807, 2.05) is 54.6 Å². The number of methoxy groups -OCH3 is 1. The molecular weight excluding hydrogens is 342 g/mol. The maximum absolute atomic E-state index is 13.0. The quantitative estimate of drug-likeness (QED) is 0.665. The zero-order valence-corrected chi connectivity index (χ0v) is 16.3. The number of carbonyl (C=O) groups excluding carboxylic acids is 2. The largest absolute Gasteiger partial charge is 0.481 e. The summed E-state index contributed by atoms with van der Waals surface area (Å²) in [5.41, 5.74) is 1.98. The number of esters is 1. The van der Waals surface area contributed by atoms with Gasteiger partial charge in [-0.05, 0) is 30.0 Å². The zero-order valence-electron chi connectivity index (χ0n) is 16.3. The van der Waals surface area contributed by atoms with Crippen molar-refractivity contribution in [3.63, 3.8) is 0 Å². The van der Waals surface area contributed by atoms with Crippen molar-refractivity contribution in [2.45, 2.75) is 39.3 Å². The minimum Gasteiger partial charge on any atom is -0.481 e. The topological polar surface area (TPSA) is 55.8 Å². The third-order valence-corrected chi connectivity index (χ3v) is 4.27. The van der Waals surface area contributed by atoms with Crippen LogP contribution >= 0.6 is 0 Å². The Morgan fingerprint density at radius 1 is 0.963 bits per heavy atom. The Kier molecular flexibility index (Phi) is 7.41. The second kappa shape index (κ2) is 9.76. The number of ether oxygens (including phenoxy) is 2. The number of nitrogens with zero attached hydrogens (tertiary/aromatic N) is 1. The Morgan fingerprint density at radius 2 is 1.59 bits per heavy atom. The van der Waals surface area contributed by atoms with Crippen molar-refractivity contribution >= 4 is 11.9 Å². The van der Waals surface area contributed by atoms with E-state index in [0.29, 0.717) is 12.3 Å². The minimum atomic E-state index is -0.724. The second-order valence-electron chi connectivity index (χ2n) is 6.71. The van der Waals surface area contributed by atoms with Gasteiger partial charge in [-0.25, -0.2) is 0 Å². The van der Waals surface area contributed by atoms with E-state index in [0.717, 1.165) is 11.1 Å². The van der Waals surface area contributed by atoms with E-state index in [1.54, 1.807) is 6.92 Å². The Labute approximate surface area is 160 Å². The van der Waals surface area contributed by atoms with Gasteiger partial charge in [-0.3, -0.25) is 9.59 Å². The molecule has 144 valence electrons. The monoisotopic (exact) mass is 369 g/mol. The highest BCUT2D eigenvalue weighted by Crippen LogP contribution is 2.27. The number of hydrogen-bond acceptors (Lipinski definition) is 4. The number of amides is 1. The normalized spacial score (nSPS) is 11.7. The SMILES string of the molecule is COC(=O)CN(Cc1ccccc1)C(=O)C(C)Oc1ccccc1C(C)C. The molecule has 0 radical (unpaired) electrons. The lowest BCUT2D eigenvalue weighted by Gasteiger charge is -2.26. The molecule has 1 atom stereocenters. The lowest BCUT2D eigenvalue weighted by atomic mass is 10.0. The summed E-state index contributed by atoms with van der Waals surface area (Å²) in [6.45, 7) is 6.05. The fourth-order valence-electron chi connectivity index (χ4n) is 2.80. The van der Waals surface area contributed by atoms with E-state index in [4.69, 9.17) is 9.47 Å². The van der Waals surface area contributed by atoms with E-state index in [-0.39, 0.29) is 18.4 Å². The smallest absolute Gasteiger partial charge is 0.325 e. The van der Waals surface area contributed by atoms with E-state index in [9.17, 15) is 9.59 Å². The van der Waals surface area contributed by atoms with Gasteiger partial charge in [-0.2, -0.15) is 0 Å². The summed E-state index contributed by atoms with van der Waals surface area (Å²) in [7, 11) is 1.31. The number of carbonyl (C=O) groups is 2. The van der Waals surface area contributed by atoms with Crippen LogP contribution in [0.5, 0.6) is 5.75 Å². The molecule has 2 aromatic rings. The van der Waals surface area contributed by atoms with Gasteiger partial charge in [0.25, 0.3) is 5.91 Å². The highest BCUT2D eigenvalue weighted by atomic mass is 16.5. The molecule has 0 fully saturated rings. The molecule has 27 heavy (non-hydrogen) atoms. The van der Waals surface area contributed by atoms with Crippen LogP contribution in [0.2, 0.25) is 0 Å². The Balaban J connectivity index is 2.17. The molecule has 0 N–H and O–H groups in total. The van der Waals surface area contributed by atoms with E-state index < -0.39 is 12.1 Å². The summed E-state index contributed by atoms with van der Waals surface area (Å²) in [4.78, 5) is 26.2. The number of rotatable bonds is 8. The standard InChI is InChI=1S/C22H27NO4/c1-16(2)19-12-8-9-13-20(19)27-17(3)22(25)23(15-21(24)26-4)14-18-10-6-5-7-11-18/h5-13,16-17H,14-15H2,1-4H3. The maximum atomic E-state index is 13.0. The van der Waals surface area contributed by atoms with Gasteiger partial charge in [-0.1, -0.05) is 62.4 Å². The van der Waals surface area contributed by atoms with Gasteiger partial charge in [0, 0.05) is 6.54 Å². The van der Waals surface area contributed by atoms with Crippen LogP contribution in [0.15, 0.2) is 54.6 Å². The van der Waals surface area contributed by atoms with Crippen LogP contribution in [0, 0.1) is 0 Å². The van der Waals surface area contributed by atoms with Crippen LogP contribution in [0.1, 0.15) is 37.8 Å². The maximum Gasteiger partial charge on any atom is 0.325 e. The first-order valence-electron chi connectivity index (χ1n) is 9.07. The van der Waals surface area contributed by atoms with Crippen molar-refractivity contribution in [2.24, 2.45) is 0 Å². The van der Waals surface area contributed by atoms with Crippen LogP contribution in [-0.4, -0.2) is 36.5 Å². The summed E-state index contributed by atoms with van der Waals surface area (Å²) in [5.74, 6) is 0.238. The molecule has 0 aromatic heterocycles. The third kappa shape index (κ3) is 5.84. The molecule has 0 aliphatic carbocycles. The number of para-hydroxylation sites is 1. The van der Waals surface area contributed by atoms with Gasteiger partial charge in [0.15, 0.2) is 6.10 Å². The first-order valence-corrected chi connectivity index (χ1v) is 9.07. The summed E-state index contributed by atoms with van der Waals surface area (Å²) in [6, 6.07) is 17.2. The predicted octanol–water partition coefficient (Wildman–Crippen LogP) is 3.78. The average molecular weight is 369 g/mol. The highest BCUT2D eigenvalue weighted by molar-refractivity contribution is 5.85. The van der Waals surface area contributed by atoms with E-state index >= 15 is 0 Å². The Bertz CT molecular complexity index is 758. The van der Waals surface area contributed by atoms with E-state index in [2.05, 4.69) is 13.8 Å². The predicted molar refractivity (Wildman–Crippen MR) is 104 cm³/mol. The molecule has 0 saturated heterocycles. The Hall–Kier alpha value is -2.82. The van der Waals surface area contributed by atoms with Crippen LogP contribution in [0.25, 0.3) is 0 Å². The molecule has 1 unspecified atom stereocenters. The van der Waals surface area contributed by atoms with Crippen LogP contribution in [-0.2, 0) is 20.9 Å². The minimum absolute atomic E-state index is 0.121. The van der Waals surface area contributed by atoms with Gasteiger partial charge in [0.2, 0.25) is 0 Å². The fourth-order valence-corrected chi connectivity index (χ4v) is 2.80. The van der Waals surface area contributed by atoms with Gasteiger partial charge < -0.3 is 14.4 Å². The molecule has 0 aliphatic rings. The molecular formula is C22H27NO4. The summed E-state index contributed by atoms with van der Waals surface area (Å²) in [5, 5.41) is 0. The van der Waals surface area contributed by atoms with Crippen molar-refractivity contribution in [1.82, 2.24) is 4.90 Å². The molecule has 0 heterocycles. The van der Waals surface area contributed by atoms with Crippen molar-refractivity contribution in [3.05, 3.63) is 65.7 Å². The fraction of sp³-hybridized carbons (Fsp3) is 0.364. The first kappa shape index (κ1) is 20.5. The molecule has 2 rings (SSSR count). The van der Waals surface area contributed by atoms with Crippen molar-refractivity contribution < 1.29 is 19.1 Å². The third-order valence-electron chi connectivity index (χ3n) is 4.27. The first-order chi connectivity index (χ1) is 12.9. The molecule has 0 spiro atoms. The molecule has 0 saturated carbocycles. The van der Waals surface area contributed by atoms with Gasteiger partial charge in [0.05, 0.1) is 7.11 Å². The molecule has 0 aliphatic heterocycles. The summed E-state index contributed by atoms with van der Waals surface area (Å²) >= 11 is 0. The summed E-state index contributed by atoms with van der Waals surface area (Å²) in [6.07, 6.45) is -0.724. The molecule has 2 aromatic carbocycles. The van der Waals surface area contributed by atoms with Crippen LogP contribution in [0.4, 0.5) is 0 Å². The van der Waals surface area contributed by atoms with Crippen LogP contribution < -0.4 is 4.74 Å². The van der Waals surface area contributed by atoms with Crippen molar-refractivity contribution in [1.29, 1.82) is 0 Å². The van der Waals surface area contributed by atoms with Crippen LogP contribution in [0.3, 0.4) is 0 Å². The Morgan fingerprint density at radius 3 is 2.22 bits per heavy atom. The lowest BCUT2D eigenvalue weighted by Crippen LogP contribution is -2.43. The second-order valence-corrected chi connectivity index (χ2v) is 6.71. The number of benzene rings is 2.